The molecule has 1 heterocycles. The average molecular weight is 391 g/mol. The summed E-state index contributed by atoms with van der Waals surface area (Å²) in [6, 6.07) is 3.50. The molecule has 0 atom stereocenters. The lowest BCUT2D eigenvalue weighted by Gasteiger charge is -2.09. The molecule has 0 saturated heterocycles. The van der Waals surface area contributed by atoms with Gasteiger partial charge < -0.3 is 15.0 Å². The van der Waals surface area contributed by atoms with E-state index in [4.69, 9.17) is 5.11 Å². The van der Waals surface area contributed by atoms with Gasteiger partial charge in [0.1, 0.15) is 11.5 Å². The van der Waals surface area contributed by atoms with Crippen LogP contribution in [0.2, 0.25) is 0 Å². The first-order chi connectivity index (χ1) is 13.7. The number of hydrogen-bond acceptors (Lipinski definition) is 2. The van der Waals surface area contributed by atoms with Crippen molar-refractivity contribution in [3.63, 3.8) is 0 Å². The lowest BCUT2D eigenvalue weighted by atomic mass is 9.99. The normalized spacial score (nSPS) is 14.6. The Labute approximate surface area is 172 Å². The standard InChI is InChI=1S/C24H42N2O2/c1-26-22(24(27)28)18-19-23(26)25-20-14-10-8-6-4-2-3-5-7-9-11-15-21-16-12-13-17-21/h18-19,21,25H,2-17,20H2,1H3,(H,27,28). The number of carbonyl (C=O) groups is 1. The first-order valence-electron chi connectivity index (χ1n) is 11.8. The molecule has 1 aliphatic carbocycles. The molecule has 0 amide bonds. The zero-order chi connectivity index (χ0) is 20.0. The summed E-state index contributed by atoms with van der Waals surface area (Å²) >= 11 is 0. The van der Waals surface area contributed by atoms with Crippen molar-refractivity contribution >= 4 is 11.8 Å². The number of nitrogens with zero attached hydrogens (tertiary/aromatic N) is 1. The van der Waals surface area contributed by atoms with Crippen LogP contribution in [0.1, 0.15) is 113 Å². The molecule has 1 aromatic heterocycles. The van der Waals surface area contributed by atoms with Gasteiger partial charge in [0.2, 0.25) is 0 Å². The van der Waals surface area contributed by atoms with Gasteiger partial charge in [0.05, 0.1) is 0 Å². The number of aromatic nitrogens is 1. The second kappa shape index (κ2) is 13.7. The van der Waals surface area contributed by atoms with E-state index in [-0.39, 0.29) is 0 Å². The second-order valence-electron chi connectivity index (χ2n) is 8.72. The molecule has 4 nitrogen and oxygen atoms in total. The Balaban J connectivity index is 1.32. The number of carboxylic acid groups (broad SMARTS) is 1. The fraction of sp³-hybridized carbons (Fsp3) is 0.792. The van der Waals surface area contributed by atoms with E-state index in [1.54, 1.807) is 17.7 Å². The van der Waals surface area contributed by atoms with E-state index in [1.165, 1.54) is 96.3 Å². The quantitative estimate of drug-likeness (QED) is 0.299. The van der Waals surface area contributed by atoms with E-state index >= 15 is 0 Å². The number of rotatable bonds is 16. The highest BCUT2D eigenvalue weighted by atomic mass is 16.4. The molecule has 0 radical (unpaired) electrons. The maximum Gasteiger partial charge on any atom is 0.352 e. The van der Waals surface area contributed by atoms with Crippen LogP contribution >= 0.6 is 0 Å². The Kier molecular flexibility index (Phi) is 11.2. The van der Waals surface area contributed by atoms with Gasteiger partial charge in [-0.25, -0.2) is 4.79 Å². The van der Waals surface area contributed by atoms with Crippen LogP contribution in [0, 0.1) is 5.92 Å². The van der Waals surface area contributed by atoms with Gasteiger partial charge in [-0.1, -0.05) is 96.3 Å². The summed E-state index contributed by atoms with van der Waals surface area (Å²) in [5, 5.41) is 12.4. The maximum absolute atomic E-state index is 11.0. The van der Waals surface area contributed by atoms with Crippen LogP contribution in [0.15, 0.2) is 12.1 Å². The fourth-order valence-corrected chi connectivity index (χ4v) is 4.57. The van der Waals surface area contributed by atoms with Gasteiger partial charge in [-0.2, -0.15) is 0 Å². The van der Waals surface area contributed by atoms with Crippen molar-refractivity contribution in [2.45, 2.75) is 103 Å². The molecule has 2 rings (SSSR count). The van der Waals surface area contributed by atoms with Crippen LogP contribution in [-0.4, -0.2) is 22.2 Å². The summed E-state index contributed by atoms with van der Waals surface area (Å²) < 4.78 is 1.71. The molecule has 0 aliphatic heterocycles. The van der Waals surface area contributed by atoms with Gasteiger partial charge in [-0.15, -0.1) is 0 Å². The minimum absolute atomic E-state index is 0.330. The van der Waals surface area contributed by atoms with E-state index < -0.39 is 5.97 Å². The molecular weight excluding hydrogens is 348 g/mol. The summed E-state index contributed by atoms with van der Waals surface area (Å²) in [7, 11) is 1.79. The summed E-state index contributed by atoms with van der Waals surface area (Å²) in [5.74, 6) is 1.09. The molecular formula is C24H42N2O2. The predicted octanol–water partition coefficient (Wildman–Crippen LogP) is 7.01. The predicted molar refractivity (Wildman–Crippen MR) is 118 cm³/mol. The van der Waals surface area contributed by atoms with Crippen LogP contribution in [0.25, 0.3) is 0 Å². The van der Waals surface area contributed by atoms with Crippen LogP contribution in [0.5, 0.6) is 0 Å². The van der Waals surface area contributed by atoms with E-state index in [0.29, 0.717) is 5.69 Å². The van der Waals surface area contributed by atoms with Crippen LogP contribution < -0.4 is 5.32 Å². The van der Waals surface area contributed by atoms with Crippen molar-refractivity contribution in [1.29, 1.82) is 0 Å². The topological polar surface area (TPSA) is 54.3 Å². The van der Waals surface area contributed by atoms with Gasteiger partial charge in [0.25, 0.3) is 0 Å². The lowest BCUT2D eigenvalue weighted by molar-refractivity contribution is 0.0687. The van der Waals surface area contributed by atoms with Gasteiger partial charge in [0, 0.05) is 13.6 Å². The molecule has 1 saturated carbocycles. The van der Waals surface area contributed by atoms with Gasteiger partial charge in [-0.3, -0.25) is 0 Å². The van der Waals surface area contributed by atoms with Gasteiger partial charge in [0.15, 0.2) is 0 Å². The number of unbranched alkanes of at least 4 members (excludes halogenated alkanes) is 10. The first-order valence-corrected chi connectivity index (χ1v) is 11.8. The molecule has 28 heavy (non-hydrogen) atoms. The highest BCUT2D eigenvalue weighted by molar-refractivity contribution is 5.86. The first kappa shape index (κ1) is 22.8. The summed E-state index contributed by atoms with van der Waals surface area (Å²) in [4.78, 5) is 11.0. The van der Waals surface area contributed by atoms with Gasteiger partial charge in [-0.05, 0) is 24.5 Å². The van der Waals surface area contributed by atoms with E-state index in [0.717, 1.165) is 24.7 Å². The monoisotopic (exact) mass is 390 g/mol. The van der Waals surface area contributed by atoms with Crippen molar-refractivity contribution in [2.75, 3.05) is 11.9 Å². The molecule has 4 heteroatoms. The lowest BCUT2D eigenvalue weighted by Crippen LogP contribution is -2.09. The van der Waals surface area contributed by atoms with Gasteiger partial charge >= 0.3 is 5.97 Å². The number of nitrogens with one attached hydrogen (secondary N) is 1. The largest absolute Gasteiger partial charge is 0.477 e. The van der Waals surface area contributed by atoms with Crippen molar-refractivity contribution in [2.24, 2.45) is 13.0 Å². The fourth-order valence-electron chi connectivity index (χ4n) is 4.57. The Bertz CT molecular complexity index is 547. The maximum atomic E-state index is 11.0. The number of aromatic carboxylic acids is 1. The number of anilines is 1. The Morgan fingerprint density at radius 2 is 1.46 bits per heavy atom. The molecule has 0 spiro atoms. The van der Waals surface area contributed by atoms with Crippen molar-refractivity contribution in [3.8, 4) is 0 Å². The molecule has 1 aliphatic rings. The SMILES string of the molecule is Cn1c(NCCCCCCCCCCCCCC2CCCC2)ccc1C(=O)O. The Morgan fingerprint density at radius 3 is 2.00 bits per heavy atom. The third-order valence-corrected chi connectivity index (χ3v) is 6.41. The van der Waals surface area contributed by atoms with E-state index in [1.807, 2.05) is 6.07 Å². The molecule has 1 aromatic rings. The van der Waals surface area contributed by atoms with E-state index in [9.17, 15) is 4.79 Å². The smallest absolute Gasteiger partial charge is 0.352 e. The highest BCUT2D eigenvalue weighted by Gasteiger charge is 2.13. The minimum atomic E-state index is -0.875. The molecule has 0 bridgehead atoms. The summed E-state index contributed by atoms with van der Waals surface area (Å²) in [5.41, 5.74) is 0.330. The average Bonchev–Trinajstić information content (AvgIpc) is 3.32. The van der Waals surface area contributed by atoms with Crippen molar-refractivity contribution in [3.05, 3.63) is 17.8 Å². The number of carboxylic acids is 1. The molecule has 1 fully saturated rings. The summed E-state index contributed by atoms with van der Waals surface area (Å²) in [6.45, 7) is 0.914. The van der Waals surface area contributed by atoms with Crippen molar-refractivity contribution in [1.82, 2.24) is 4.57 Å². The second-order valence-corrected chi connectivity index (χ2v) is 8.72. The zero-order valence-electron chi connectivity index (χ0n) is 18.1. The van der Waals surface area contributed by atoms with E-state index in [2.05, 4.69) is 5.32 Å². The molecule has 160 valence electrons. The minimum Gasteiger partial charge on any atom is -0.477 e. The van der Waals surface area contributed by atoms with Crippen LogP contribution in [0.4, 0.5) is 5.82 Å². The van der Waals surface area contributed by atoms with Crippen LogP contribution in [-0.2, 0) is 7.05 Å². The molecule has 2 N–H and O–H groups in total. The molecule has 0 aromatic carbocycles. The zero-order valence-corrected chi connectivity index (χ0v) is 18.1. The number of hydrogen-bond donors (Lipinski definition) is 2. The van der Waals surface area contributed by atoms with Crippen LogP contribution in [0.3, 0.4) is 0 Å². The third-order valence-electron chi connectivity index (χ3n) is 6.41. The third kappa shape index (κ3) is 8.70. The van der Waals surface area contributed by atoms with Crippen molar-refractivity contribution < 1.29 is 9.90 Å². The molecule has 0 unspecified atom stereocenters. The Hall–Kier alpha value is -1.45. The highest BCUT2D eigenvalue weighted by Crippen LogP contribution is 2.29. The Morgan fingerprint density at radius 1 is 0.929 bits per heavy atom. The summed E-state index contributed by atoms with van der Waals surface area (Å²) in [6.07, 6.45) is 22.6.